The Bertz CT molecular complexity index is 983. The first-order chi connectivity index (χ1) is 16.2. The van der Waals surface area contributed by atoms with Gasteiger partial charge in [-0.25, -0.2) is 0 Å². The van der Waals surface area contributed by atoms with Crippen molar-refractivity contribution in [2.45, 2.75) is 44.8 Å². The molecule has 0 bridgehead atoms. The van der Waals surface area contributed by atoms with Crippen LogP contribution in [0.5, 0.6) is 11.5 Å². The number of methoxy groups -OCH3 is 1. The van der Waals surface area contributed by atoms with Crippen LogP contribution in [0.25, 0.3) is 6.08 Å². The summed E-state index contributed by atoms with van der Waals surface area (Å²) in [6.07, 6.45) is 8.23. The second-order valence-corrected chi connectivity index (χ2v) is 8.59. The summed E-state index contributed by atoms with van der Waals surface area (Å²) in [4.78, 5) is 29.5. The smallest absolute Gasteiger partial charge is 0.247 e. The number of hydrogen-bond donors (Lipinski definition) is 0. The minimum Gasteiger partial charge on any atom is -0.493 e. The third-order valence-electron chi connectivity index (χ3n) is 6.33. The molecule has 0 saturated carbocycles. The van der Waals surface area contributed by atoms with E-state index in [4.69, 9.17) is 9.47 Å². The number of carbonyl (C=O) groups is 2. The van der Waals surface area contributed by atoms with Gasteiger partial charge >= 0.3 is 0 Å². The zero-order valence-electron chi connectivity index (χ0n) is 19.2. The van der Waals surface area contributed by atoms with Crippen LogP contribution in [0.2, 0.25) is 0 Å². The van der Waals surface area contributed by atoms with E-state index in [0.717, 1.165) is 49.9 Å². The van der Waals surface area contributed by atoms with Crippen LogP contribution in [0, 0.1) is 0 Å². The Balaban J connectivity index is 1.39. The van der Waals surface area contributed by atoms with E-state index < -0.39 is 0 Å². The first-order valence-corrected chi connectivity index (χ1v) is 11.8. The first kappa shape index (κ1) is 22.9. The molecule has 0 aromatic heterocycles. The number of ether oxygens (including phenoxy) is 2. The van der Waals surface area contributed by atoms with Crippen molar-refractivity contribution < 1.29 is 19.1 Å². The molecule has 6 heteroatoms. The molecule has 4 rings (SSSR count). The summed E-state index contributed by atoms with van der Waals surface area (Å²) in [5, 5.41) is 0. The summed E-state index contributed by atoms with van der Waals surface area (Å²) >= 11 is 0. The Labute approximate surface area is 195 Å². The van der Waals surface area contributed by atoms with E-state index in [9.17, 15) is 9.59 Å². The second kappa shape index (κ2) is 11.0. The number of rotatable bonds is 7. The highest BCUT2D eigenvalue weighted by molar-refractivity contribution is 5.96. The normalized spacial score (nSPS) is 18.5. The average molecular weight is 449 g/mol. The monoisotopic (exact) mass is 448 g/mol. The van der Waals surface area contributed by atoms with E-state index in [1.54, 1.807) is 24.2 Å². The lowest BCUT2D eigenvalue weighted by Crippen LogP contribution is -2.48. The van der Waals surface area contributed by atoms with Crippen molar-refractivity contribution in [2.75, 3.05) is 26.7 Å². The molecule has 0 N–H and O–H groups in total. The van der Waals surface area contributed by atoms with Crippen LogP contribution in [0.1, 0.15) is 43.2 Å². The van der Waals surface area contributed by atoms with Crippen molar-refractivity contribution in [3.05, 3.63) is 65.7 Å². The molecule has 1 atom stereocenters. The van der Waals surface area contributed by atoms with E-state index in [-0.39, 0.29) is 17.9 Å². The molecule has 2 fully saturated rings. The van der Waals surface area contributed by atoms with Gasteiger partial charge in [-0.3, -0.25) is 9.59 Å². The number of benzene rings is 2. The Morgan fingerprint density at radius 3 is 2.52 bits per heavy atom. The van der Waals surface area contributed by atoms with Gasteiger partial charge in [-0.05, 0) is 61.4 Å². The molecule has 0 radical (unpaired) electrons. The van der Waals surface area contributed by atoms with Crippen LogP contribution in [-0.2, 0) is 16.2 Å². The SMILES string of the molecule is COc1cc(/C=C/C(=O)N2CCC[C@H]2C(=O)N2CCCCC2)ccc1OCc1ccccc1. The van der Waals surface area contributed by atoms with Gasteiger partial charge in [0.1, 0.15) is 12.6 Å². The van der Waals surface area contributed by atoms with Crippen molar-refractivity contribution in [2.24, 2.45) is 0 Å². The molecule has 2 amide bonds. The number of carbonyl (C=O) groups excluding carboxylic acids is 2. The molecule has 2 aromatic carbocycles. The molecule has 0 unspecified atom stereocenters. The zero-order chi connectivity index (χ0) is 23.0. The van der Waals surface area contributed by atoms with Crippen LogP contribution in [0.4, 0.5) is 0 Å². The highest BCUT2D eigenvalue weighted by atomic mass is 16.5. The van der Waals surface area contributed by atoms with Crippen LogP contribution < -0.4 is 9.47 Å². The maximum Gasteiger partial charge on any atom is 0.247 e. The van der Waals surface area contributed by atoms with Gasteiger partial charge in [0, 0.05) is 25.7 Å². The van der Waals surface area contributed by atoms with Gasteiger partial charge in [0.2, 0.25) is 11.8 Å². The first-order valence-electron chi connectivity index (χ1n) is 11.8. The molecular formula is C27H32N2O4. The Hall–Kier alpha value is -3.28. The van der Waals surface area contributed by atoms with Crippen molar-refractivity contribution in [3.63, 3.8) is 0 Å². The summed E-state index contributed by atoms with van der Waals surface area (Å²) in [6.45, 7) is 2.70. The van der Waals surface area contributed by atoms with Crippen molar-refractivity contribution in [1.29, 1.82) is 0 Å². The van der Waals surface area contributed by atoms with Gasteiger partial charge in [-0.15, -0.1) is 0 Å². The number of amides is 2. The lowest BCUT2D eigenvalue weighted by atomic mass is 10.1. The van der Waals surface area contributed by atoms with Gasteiger partial charge in [-0.2, -0.15) is 0 Å². The maximum atomic E-state index is 13.0. The van der Waals surface area contributed by atoms with Crippen LogP contribution in [0.3, 0.4) is 0 Å². The fourth-order valence-corrected chi connectivity index (χ4v) is 4.52. The Morgan fingerprint density at radius 1 is 0.970 bits per heavy atom. The number of piperidine rings is 1. The summed E-state index contributed by atoms with van der Waals surface area (Å²) < 4.78 is 11.4. The fourth-order valence-electron chi connectivity index (χ4n) is 4.52. The van der Waals surface area contributed by atoms with Gasteiger partial charge in [0.25, 0.3) is 0 Å². The molecule has 2 heterocycles. The third kappa shape index (κ3) is 5.75. The highest BCUT2D eigenvalue weighted by Gasteiger charge is 2.35. The quantitative estimate of drug-likeness (QED) is 0.593. The lowest BCUT2D eigenvalue weighted by molar-refractivity contribution is -0.142. The van der Waals surface area contributed by atoms with Crippen molar-refractivity contribution >= 4 is 17.9 Å². The van der Waals surface area contributed by atoms with Crippen molar-refractivity contribution in [3.8, 4) is 11.5 Å². The molecule has 2 aliphatic rings. The Morgan fingerprint density at radius 2 is 1.76 bits per heavy atom. The molecule has 0 spiro atoms. The predicted octanol–water partition coefficient (Wildman–Crippen LogP) is 4.29. The molecule has 2 aromatic rings. The molecule has 33 heavy (non-hydrogen) atoms. The van der Waals surface area contributed by atoms with Gasteiger partial charge in [0.15, 0.2) is 11.5 Å². The Kier molecular flexibility index (Phi) is 7.66. The van der Waals surface area contributed by atoms with Gasteiger partial charge in [0.05, 0.1) is 7.11 Å². The summed E-state index contributed by atoms with van der Waals surface area (Å²) in [5.74, 6) is 1.25. The molecule has 2 saturated heterocycles. The van der Waals surface area contributed by atoms with E-state index in [2.05, 4.69) is 0 Å². The van der Waals surface area contributed by atoms with E-state index in [1.165, 1.54) is 6.42 Å². The number of likely N-dealkylation sites (tertiary alicyclic amines) is 2. The minimum absolute atomic E-state index is 0.107. The van der Waals surface area contributed by atoms with Crippen LogP contribution >= 0.6 is 0 Å². The minimum atomic E-state index is -0.330. The molecule has 0 aliphatic carbocycles. The molecule has 6 nitrogen and oxygen atoms in total. The van der Waals surface area contributed by atoms with Crippen molar-refractivity contribution in [1.82, 2.24) is 9.80 Å². The summed E-state index contributed by atoms with van der Waals surface area (Å²) in [5.41, 5.74) is 1.92. The third-order valence-corrected chi connectivity index (χ3v) is 6.33. The van der Waals surface area contributed by atoms with Crippen LogP contribution in [0.15, 0.2) is 54.6 Å². The molecule has 174 valence electrons. The summed E-state index contributed by atoms with van der Waals surface area (Å²) in [7, 11) is 1.60. The fraction of sp³-hybridized carbons (Fsp3) is 0.407. The van der Waals surface area contributed by atoms with Gasteiger partial charge < -0.3 is 19.3 Å². The van der Waals surface area contributed by atoms with E-state index in [0.29, 0.717) is 24.7 Å². The maximum absolute atomic E-state index is 13.0. The van der Waals surface area contributed by atoms with Crippen LogP contribution in [-0.4, -0.2) is 54.4 Å². The molecular weight excluding hydrogens is 416 g/mol. The average Bonchev–Trinajstić information content (AvgIpc) is 3.37. The number of hydrogen-bond acceptors (Lipinski definition) is 4. The van der Waals surface area contributed by atoms with E-state index in [1.807, 2.05) is 53.4 Å². The standard InChI is InChI=1S/C27H32N2O4/c1-32-25-19-21(12-14-24(25)33-20-22-9-4-2-5-10-22)13-15-26(30)29-18-8-11-23(29)27(31)28-16-6-3-7-17-28/h2,4-5,9-10,12-15,19,23H,3,6-8,11,16-18,20H2,1H3/b15-13+/t23-/m0/s1. The topological polar surface area (TPSA) is 59.1 Å². The van der Waals surface area contributed by atoms with Gasteiger partial charge in [-0.1, -0.05) is 36.4 Å². The predicted molar refractivity (Wildman–Crippen MR) is 128 cm³/mol. The largest absolute Gasteiger partial charge is 0.493 e. The number of nitrogens with zero attached hydrogens (tertiary/aromatic N) is 2. The highest BCUT2D eigenvalue weighted by Crippen LogP contribution is 2.29. The molecule has 2 aliphatic heterocycles. The summed E-state index contributed by atoms with van der Waals surface area (Å²) in [6, 6.07) is 15.2. The second-order valence-electron chi connectivity index (χ2n) is 8.59. The van der Waals surface area contributed by atoms with E-state index >= 15 is 0 Å². The lowest BCUT2D eigenvalue weighted by Gasteiger charge is -2.32. The zero-order valence-corrected chi connectivity index (χ0v) is 19.2.